The largest absolute Gasteiger partial charge is 0.476 e. The van der Waals surface area contributed by atoms with Gasteiger partial charge in [-0.2, -0.15) is 0 Å². The standard InChI is InChI=1S/C10H14N4O4S/c11-5(3-7(12)15)9(16)13-2-1-8-14-6(4-19-8)10(17)18/h4-5H,1-3,11H2,(H2,12,15)(H,13,16)(H,17,18). The number of primary amides is 1. The third-order valence-electron chi connectivity index (χ3n) is 2.17. The van der Waals surface area contributed by atoms with Gasteiger partial charge in [0.05, 0.1) is 17.5 Å². The molecule has 9 heteroatoms. The highest BCUT2D eigenvalue weighted by atomic mass is 32.1. The fourth-order valence-electron chi connectivity index (χ4n) is 1.26. The molecule has 1 heterocycles. The number of carbonyl (C=O) groups excluding carboxylic acids is 2. The van der Waals surface area contributed by atoms with Crippen molar-refractivity contribution in [2.75, 3.05) is 6.54 Å². The van der Waals surface area contributed by atoms with Gasteiger partial charge in [-0.25, -0.2) is 9.78 Å². The Morgan fingerprint density at radius 3 is 2.68 bits per heavy atom. The first-order valence-electron chi connectivity index (χ1n) is 5.39. The summed E-state index contributed by atoms with van der Waals surface area (Å²) in [5.74, 6) is -2.21. The first-order chi connectivity index (χ1) is 8.90. The molecule has 0 radical (unpaired) electrons. The van der Waals surface area contributed by atoms with Gasteiger partial charge in [-0.1, -0.05) is 0 Å². The minimum atomic E-state index is -1.09. The zero-order valence-electron chi connectivity index (χ0n) is 9.96. The molecule has 2 amide bonds. The van der Waals surface area contributed by atoms with Crippen LogP contribution in [0.25, 0.3) is 0 Å². The maximum Gasteiger partial charge on any atom is 0.355 e. The number of nitrogens with one attached hydrogen (secondary N) is 1. The first-order valence-corrected chi connectivity index (χ1v) is 6.27. The van der Waals surface area contributed by atoms with E-state index >= 15 is 0 Å². The van der Waals surface area contributed by atoms with Gasteiger partial charge in [0.25, 0.3) is 0 Å². The van der Waals surface area contributed by atoms with Crippen LogP contribution in [0.5, 0.6) is 0 Å². The van der Waals surface area contributed by atoms with Crippen molar-refractivity contribution in [3.05, 3.63) is 16.1 Å². The fourth-order valence-corrected chi connectivity index (χ4v) is 2.03. The number of aromatic carboxylic acids is 1. The zero-order chi connectivity index (χ0) is 14.4. The van der Waals surface area contributed by atoms with E-state index in [1.165, 1.54) is 16.7 Å². The molecule has 1 atom stereocenters. The Morgan fingerprint density at radius 1 is 1.47 bits per heavy atom. The maximum atomic E-state index is 11.4. The summed E-state index contributed by atoms with van der Waals surface area (Å²) in [6.07, 6.45) is 0.180. The summed E-state index contributed by atoms with van der Waals surface area (Å²) in [5, 5.41) is 13.2. The molecule has 0 aliphatic rings. The summed E-state index contributed by atoms with van der Waals surface area (Å²) >= 11 is 1.20. The van der Waals surface area contributed by atoms with Crippen molar-refractivity contribution in [3.8, 4) is 0 Å². The molecule has 1 aromatic heterocycles. The summed E-state index contributed by atoms with van der Waals surface area (Å²) in [6, 6.07) is -0.969. The van der Waals surface area contributed by atoms with Crippen LogP contribution < -0.4 is 16.8 Å². The number of aromatic nitrogens is 1. The third-order valence-corrected chi connectivity index (χ3v) is 3.08. The van der Waals surface area contributed by atoms with Crippen LogP contribution in [0.1, 0.15) is 21.9 Å². The number of hydrogen-bond acceptors (Lipinski definition) is 6. The highest BCUT2D eigenvalue weighted by Gasteiger charge is 2.15. The summed E-state index contributed by atoms with van der Waals surface area (Å²) in [6.45, 7) is 0.262. The van der Waals surface area contributed by atoms with Gasteiger partial charge in [0, 0.05) is 18.3 Å². The van der Waals surface area contributed by atoms with Crippen LogP contribution in [0.3, 0.4) is 0 Å². The second-order valence-electron chi connectivity index (χ2n) is 3.75. The van der Waals surface area contributed by atoms with Crippen molar-refractivity contribution in [2.45, 2.75) is 18.9 Å². The summed E-state index contributed by atoms with van der Waals surface area (Å²) in [7, 11) is 0. The van der Waals surface area contributed by atoms with Crippen LogP contribution >= 0.6 is 11.3 Å². The Balaban J connectivity index is 2.35. The lowest BCUT2D eigenvalue weighted by molar-refractivity contribution is -0.126. The number of carbonyl (C=O) groups is 3. The summed E-state index contributed by atoms with van der Waals surface area (Å²) < 4.78 is 0. The monoisotopic (exact) mass is 286 g/mol. The molecule has 1 aromatic rings. The molecular weight excluding hydrogens is 272 g/mol. The smallest absolute Gasteiger partial charge is 0.355 e. The van der Waals surface area contributed by atoms with Crippen LogP contribution in [0.4, 0.5) is 0 Å². The number of thiazole rings is 1. The first kappa shape index (κ1) is 15.1. The molecule has 1 unspecified atom stereocenters. The highest BCUT2D eigenvalue weighted by Crippen LogP contribution is 2.09. The van der Waals surface area contributed by atoms with Gasteiger partial charge in [-0.3, -0.25) is 9.59 Å². The molecule has 104 valence electrons. The average molecular weight is 286 g/mol. The van der Waals surface area contributed by atoms with Crippen LogP contribution in [-0.2, 0) is 16.0 Å². The van der Waals surface area contributed by atoms with E-state index < -0.39 is 23.8 Å². The van der Waals surface area contributed by atoms with Gasteiger partial charge in [0.1, 0.15) is 0 Å². The van der Waals surface area contributed by atoms with Crippen molar-refractivity contribution in [2.24, 2.45) is 11.5 Å². The van der Waals surface area contributed by atoms with Crippen LogP contribution in [0.2, 0.25) is 0 Å². The number of carboxylic acids is 1. The topological polar surface area (TPSA) is 148 Å². The van der Waals surface area contributed by atoms with E-state index in [0.29, 0.717) is 11.4 Å². The van der Waals surface area contributed by atoms with E-state index in [9.17, 15) is 14.4 Å². The maximum absolute atomic E-state index is 11.4. The Hall–Kier alpha value is -2.00. The fraction of sp³-hybridized carbons (Fsp3) is 0.400. The normalized spacial score (nSPS) is 11.8. The number of carboxylic acid groups (broad SMARTS) is 1. The second-order valence-corrected chi connectivity index (χ2v) is 4.69. The van der Waals surface area contributed by atoms with Crippen molar-refractivity contribution in [1.82, 2.24) is 10.3 Å². The van der Waals surface area contributed by atoms with E-state index in [2.05, 4.69) is 10.3 Å². The molecule has 8 nitrogen and oxygen atoms in total. The van der Waals surface area contributed by atoms with E-state index in [4.69, 9.17) is 16.6 Å². The predicted octanol–water partition coefficient (Wildman–Crippen LogP) is -1.30. The van der Waals surface area contributed by atoms with Crippen molar-refractivity contribution in [1.29, 1.82) is 0 Å². The van der Waals surface area contributed by atoms with E-state index in [-0.39, 0.29) is 18.7 Å². The van der Waals surface area contributed by atoms with E-state index in [1.807, 2.05) is 0 Å². The SMILES string of the molecule is NC(=O)CC(N)C(=O)NCCc1nc(C(=O)O)cs1. The number of amides is 2. The Bertz CT molecular complexity index is 488. The molecule has 0 saturated carbocycles. The molecule has 19 heavy (non-hydrogen) atoms. The summed E-state index contributed by atoms with van der Waals surface area (Å²) in [5.41, 5.74) is 10.3. The minimum Gasteiger partial charge on any atom is -0.476 e. The van der Waals surface area contributed by atoms with E-state index in [0.717, 1.165) is 0 Å². The molecule has 0 aliphatic carbocycles. The van der Waals surface area contributed by atoms with Crippen LogP contribution in [0, 0.1) is 0 Å². The minimum absolute atomic E-state index is 0.0169. The lowest BCUT2D eigenvalue weighted by Crippen LogP contribution is -2.43. The third kappa shape index (κ3) is 5.02. The molecule has 0 aromatic carbocycles. The van der Waals surface area contributed by atoms with Crippen molar-refractivity contribution >= 4 is 29.1 Å². The quantitative estimate of drug-likeness (QED) is 0.489. The molecule has 0 spiro atoms. The Kier molecular flexibility index (Phi) is 5.39. The highest BCUT2D eigenvalue weighted by molar-refractivity contribution is 7.09. The number of nitrogens with two attached hydrogens (primary N) is 2. The lowest BCUT2D eigenvalue weighted by atomic mass is 10.2. The number of rotatable bonds is 7. The van der Waals surface area contributed by atoms with Crippen LogP contribution in [0.15, 0.2) is 5.38 Å². The van der Waals surface area contributed by atoms with Crippen molar-refractivity contribution < 1.29 is 19.5 Å². The second kappa shape index (κ2) is 6.81. The summed E-state index contributed by atoms with van der Waals surface area (Å²) in [4.78, 5) is 36.5. The van der Waals surface area contributed by atoms with Crippen LogP contribution in [-0.4, -0.2) is 40.5 Å². The van der Waals surface area contributed by atoms with Gasteiger partial charge in [-0.05, 0) is 0 Å². The van der Waals surface area contributed by atoms with Gasteiger partial charge >= 0.3 is 5.97 Å². The molecule has 0 fully saturated rings. The molecule has 1 rings (SSSR count). The molecule has 0 saturated heterocycles. The molecule has 0 aliphatic heterocycles. The predicted molar refractivity (Wildman–Crippen MR) is 67.6 cm³/mol. The van der Waals surface area contributed by atoms with Gasteiger partial charge in [0.2, 0.25) is 11.8 Å². The zero-order valence-corrected chi connectivity index (χ0v) is 10.8. The molecular formula is C10H14N4O4S. The van der Waals surface area contributed by atoms with Gasteiger partial charge < -0.3 is 21.9 Å². The number of nitrogens with zero attached hydrogens (tertiary/aromatic N) is 1. The molecule has 6 N–H and O–H groups in total. The van der Waals surface area contributed by atoms with E-state index in [1.54, 1.807) is 0 Å². The number of hydrogen-bond donors (Lipinski definition) is 4. The Morgan fingerprint density at radius 2 is 2.16 bits per heavy atom. The van der Waals surface area contributed by atoms with Gasteiger partial charge in [0.15, 0.2) is 5.69 Å². The molecule has 0 bridgehead atoms. The van der Waals surface area contributed by atoms with Crippen molar-refractivity contribution in [3.63, 3.8) is 0 Å². The lowest BCUT2D eigenvalue weighted by Gasteiger charge is -2.09. The average Bonchev–Trinajstić information content (AvgIpc) is 2.76. The van der Waals surface area contributed by atoms with Gasteiger partial charge in [-0.15, -0.1) is 11.3 Å². The Labute approximate surface area is 112 Å².